The highest BCUT2D eigenvalue weighted by Gasteiger charge is 2.20. The lowest BCUT2D eigenvalue weighted by Gasteiger charge is -2.20. The molecule has 0 aromatic heterocycles. The van der Waals surface area contributed by atoms with Gasteiger partial charge in [-0.1, -0.05) is 66.7 Å². The molecule has 0 heterocycles. The fraction of sp³-hybridized carbons (Fsp3) is 0.100. The summed E-state index contributed by atoms with van der Waals surface area (Å²) in [7, 11) is -7.54. The van der Waals surface area contributed by atoms with Crippen LogP contribution < -0.4 is 15.0 Å². The van der Waals surface area contributed by atoms with Crippen molar-refractivity contribution in [3.63, 3.8) is 0 Å². The van der Waals surface area contributed by atoms with E-state index in [4.69, 9.17) is 0 Å². The summed E-state index contributed by atoms with van der Waals surface area (Å²) in [4.78, 5) is 2.57. The molecule has 0 saturated heterocycles. The minimum Gasteiger partial charge on any atom is -0.235 e. The van der Waals surface area contributed by atoms with Crippen LogP contribution in [0.15, 0.2) is 101 Å². The second-order valence-corrected chi connectivity index (χ2v) is 9.64. The summed E-state index contributed by atoms with van der Waals surface area (Å²) >= 11 is 0. The zero-order valence-corrected chi connectivity index (χ0v) is 17.0. The molecule has 0 aliphatic heterocycles. The first-order valence-electron chi connectivity index (χ1n) is 8.80. The summed E-state index contributed by atoms with van der Waals surface area (Å²) in [5.41, 5.74) is 3.46. The zero-order chi connectivity index (χ0) is 20.7. The van der Waals surface area contributed by atoms with Crippen molar-refractivity contribution >= 4 is 20.0 Å². The van der Waals surface area contributed by atoms with E-state index in [1.807, 2.05) is 6.07 Å². The molecule has 0 aliphatic carbocycles. The Balaban J connectivity index is 1.76. The molecule has 1 atom stereocenters. The summed E-state index contributed by atoms with van der Waals surface area (Å²) in [6, 6.07) is 24.2. The highest BCUT2D eigenvalue weighted by Crippen LogP contribution is 2.14. The molecule has 0 aliphatic rings. The van der Waals surface area contributed by atoms with Crippen LogP contribution in [0.4, 0.5) is 0 Å². The number of hydrogen-bond acceptors (Lipinski definition) is 5. The van der Waals surface area contributed by atoms with Gasteiger partial charge in [-0.15, -0.1) is 4.83 Å². The highest BCUT2D eigenvalue weighted by atomic mass is 32.2. The van der Waals surface area contributed by atoms with E-state index in [0.29, 0.717) is 0 Å². The van der Waals surface area contributed by atoms with Gasteiger partial charge in [0.25, 0.3) is 10.0 Å². The van der Waals surface area contributed by atoms with Gasteiger partial charge >= 0.3 is 0 Å². The lowest BCUT2D eigenvalue weighted by Crippen LogP contribution is -2.44. The van der Waals surface area contributed by atoms with Gasteiger partial charge in [0.05, 0.1) is 15.8 Å². The molecule has 7 nitrogen and oxygen atoms in total. The second-order valence-electron chi connectivity index (χ2n) is 6.19. The first-order valence-corrected chi connectivity index (χ1v) is 11.8. The van der Waals surface area contributed by atoms with Crippen LogP contribution in [0.3, 0.4) is 0 Å². The normalized spacial score (nSPS) is 13.1. The van der Waals surface area contributed by atoms with Crippen LogP contribution in [-0.2, 0) is 20.0 Å². The van der Waals surface area contributed by atoms with Gasteiger partial charge in [-0.2, -0.15) is 0 Å². The van der Waals surface area contributed by atoms with Crippen molar-refractivity contribution < 1.29 is 16.8 Å². The van der Waals surface area contributed by atoms with E-state index in [9.17, 15) is 16.8 Å². The van der Waals surface area contributed by atoms with Gasteiger partial charge in [0.1, 0.15) is 0 Å². The Morgan fingerprint density at radius 1 is 0.621 bits per heavy atom. The molecule has 0 spiro atoms. The van der Waals surface area contributed by atoms with Crippen LogP contribution in [0.25, 0.3) is 0 Å². The number of rotatable bonds is 9. The Bertz CT molecular complexity index is 1050. The smallest absolute Gasteiger partial charge is 0.235 e. The minimum absolute atomic E-state index is 0.0570. The zero-order valence-electron chi connectivity index (χ0n) is 15.4. The third-order valence-electron chi connectivity index (χ3n) is 4.15. The predicted molar refractivity (Wildman–Crippen MR) is 111 cm³/mol. The van der Waals surface area contributed by atoms with Gasteiger partial charge in [0.15, 0.2) is 0 Å². The minimum atomic E-state index is -3.81. The van der Waals surface area contributed by atoms with E-state index in [1.54, 1.807) is 60.7 Å². The Kier molecular flexibility index (Phi) is 6.78. The molecule has 3 aromatic rings. The van der Waals surface area contributed by atoms with Crippen molar-refractivity contribution in [3.8, 4) is 0 Å². The third-order valence-corrected chi connectivity index (χ3v) is 6.87. The summed E-state index contributed by atoms with van der Waals surface area (Å²) in [5.74, 6) is 0. The molecule has 152 valence electrons. The molecule has 0 fully saturated rings. The Labute approximate surface area is 170 Å². The maximum Gasteiger partial charge on any atom is 0.253 e. The monoisotopic (exact) mass is 431 g/mol. The SMILES string of the molecule is O=S(=O)(NC[C@H](NNS(=O)(=O)c1ccccc1)c1ccccc1)c1ccccc1. The van der Waals surface area contributed by atoms with Gasteiger partial charge in [-0.3, -0.25) is 0 Å². The van der Waals surface area contributed by atoms with Crippen LogP contribution in [-0.4, -0.2) is 23.4 Å². The first kappa shape index (κ1) is 21.2. The van der Waals surface area contributed by atoms with E-state index in [2.05, 4.69) is 15.0 Å². The third kappa shape index (κ3) is 5.72. The Morgan fingerprint density at radius 2 is 1.07 bits per heavy atom. The molecule has 9 heteroatoms. The maximum absolute atomic E-state index is 12.5. The molecule has 0 bridgehead atoms. The predicted octanol–water partition coefficient (Wildman–Crippen LogP) is 2.19. The van der Waals surface area contributed by atoms with Crippen LogP contribution in [0, 0.1) is 0 Å². The van der Waals surface area contributed by atoms with Crippen molar-refractivity contribution in [3.05, 3.63) is 96.6 Å². The topological polar surface area (TPSA) is 104 Å². The van der Waals surface area contributed by atoms with E-state index < -0.39 is 26.1 Å². The first-order chi connectivity index (χ1) is 13.9. The Morgan fingerprint density at radius 3 is 1.59 bits per heavy atom. The largest absolute Gasteiger partial charge is 0.253 e. The van der Waals surface area contributed by atoms with Crippen LogP contribution in [0.1, 0.15) is 11.6 Å². The van der Waals surface area contributed by atoms with E-state index in [1.165, 1.54) is 24.3 Å². The molecule has 3 N–H and O–H groups in total. The molecule has 0 saturated carbocycles. The van der Waals surface area contributed by atoms with Gasteiger partial charge in [0.2, 0.25) is 10.0 Å². The van der Waals surface area contributed by atoms with Crippen molar-refractivity contribution in [1.82, 2.24) is 15.0 Å². The van der Waals surface area contributed by atoms with Gasteiger partial charge in [0, 0.05) is 6.54 Å². The molecule has 3 aromatic carbocycles. The fourth-order valence-electron chi connectivity index (χ4n) is 2.62. The van der Waals surface area contributed by atoms with Crippen LogP contribution in [0.5, 0.6) is 0 Å². The number of hydrogen-bond donors (Lipinski definition) is 3. The van der Waals surface area contributed by atoms with Crippen LogP contribution in [0.2, 0.25) is 0 Å². The molecule has 0 amide bonds. The van der Waals surface area contributed by atoms with Crippen molar-refractivity contribution in [2.24, 2.45) is 0 Å². The van der Waals surface area contributed by atoms with E-state index in [0.717, 1.165) is 5.56 Å². The number of hydrazine groups is 1. The molecular weight excluding hydrogens is 410 g/mol. The highest BCUT2D eigenvalue weighted by molar-refractivity contribution is 7.89. The average molecular weight is 432 g/mol. The molecular formula is C20H21N3O4S2. The van der Waals surface area contributed by atoms with Crippen molar-refractivity contribution in [2.75, 3.05) is 6.54 Å². The average Bonchev–Trinajstić information content (AvgIpc) is 2.75. The van der Waals surface area contributed by atoms with E-state index in [-0.39, 0.29) is 16.3 Å². The number of sulfonamides is 2. The molecule has 0 radical (unpaired) electrons. The van der Waals surface area contributed by atoms with Crippen molar-refractivity contribution in [2.45, 2.75) is 15.8 Å². The summed E-state index contributed by atoms with van der Waals surface area (Å²) in [6.07, 6.45) is 0. The standard InChI is InChI=1S/C20H21N3O4S2/c24-28(25,18-12-6-2-7-13-18)21-16-20(17-10-4-1-5-11-17)22-23-29(26,27)19-14-8-3-9-15-19/h1-15,20-23H,16H2/t20-/m0/s1. The van der Waals surface area contributed by atoms with Gasteiger partial charge in [-0.05, 0) is 29.8 Å². The Hall–Kier alpha value is -2.56. The molecule has 29 heavy (non-hydrogen) atoms. The summed E-state index contributed by atoms with van der Waals surface area (Å²) in [6.45, 7) is -0.0570. The summed E-state index contributed by atoms with van der Waals surface area (Å²) in [5, 5.41) is 0. The molecule has 0 unspecified atom stereocenters. The number of benzene rings is 3. The summed E-state index contributed by atoms with van der Waals surface area (Å²) < 4.78 is 52.5. The fourth-order valence-corrected chi connectivity index (χ4v) is 4.62. The van der Waals surface area contributed by atoms with E-state index >= 15 is 0 Å². The van der Waals surface area contributed by atoms with Gasteiger partial charge < -0.3 is 0 Å². The van der Waals surface area contributed by atoms with Crippen molar-refractivity contribution in [1.29, 1.82) is 0 Å². The quantitative estimate of drug-likeness (QED) is 0.451. The second kappa shape index (κ2) is 9.29. The van der Waals surface area contributed by atoms with Gasteiger partial charge in [-0.25, -0.2) is 27.0 Å². The number of nitrogens with one attached hydrogen (secondary N) is 3. The molecule has 3 rings (SSSR count). The lowest BCUT2D eigenvalue weighted by atomic mass is 10.1. The lowest BCUT2D eigenvalue weighted by molar-refractivity contribution is 0.482. The van der Waals surface area contributed by atoms with Crippen LogP contribution >= 0.6 is 0 Å². The maximum atomic E-state index is 12.5.